The normalized spacial score (nSPS) is 17.2. The molecule has 4 aromatic carbocycles. The van der Waals surface area contributed by atoms with Crippen LogP contribution in [0.2, 0.25) is 0 Å². The van der Waals surface area contributed by atoms with Gasteiger partial charge < -0.3 is 14.4 Å². The third-order valence-electron chi connectivity index (χ3n) is 10.2. The lowest BCUT2D eigenvalue weighted by molar-refractivity contribution is -0.156. The number of hydrogen-bond donors (Lipinski definition) is 0. The second-order valence-electron chi connectivity index (χ2n) is 13.7. The summed E-state index contributed by atoms with van der Waals surface area (Å²) in [6, 6.07) is 36.4. The van der Waals surface area contributed by atoms with E-state index in [9.17, 15) is 19.2 Å². The zero-order valence-electron chi connectivity index (χ0n) is 28.5. The molecular formula is C43H45NO6. The average Bonchev–Trinajstić information content (AvgIpc) is 3.85. The maximum atomic E-state index is 14.4. The molecule has 1 saturated heterocycles. The van der Waals surface area contributed by atoms with Crippen molar-refractivity contribution in [3.63, 3.8) is 0 Å². The minimum absolute atomic E-state index is 0.00347. The van der Waals surface area contributed by atoms with E-state index in [2.05, 4.69) is 12.1 Å². The van der Waals surface area contributed by atoms with E-state index in [4.69, 9.17) is 9.47 Å². The lowest BCUT2D eigenvalue weighted by atomic mass is 9.74. The van der Waals surface area contributed by atoms with Crippen molar-refractivity contribution in [1.82, 2.24) is 4.90 Å². The Morgan fingerprint density at radius 3 is 1.84 bits per heavy atom. The van der Waals surface area contributed by atoms with Crippen molar-refractivity contribution in [2.45, 2.75) is 77.0 Å². The van der Waals surface area contributed by atoms with Crippen molar-refractivity contribution < 1.29 is 28.7 Å². The Hall–Kier alpha value is -5.04. The van der Waals surface area contributed by atoms with Gasteiger partial charge in [0.05, 0.1) is 6.42 Å². The first kappa shape index (κ1) is 34.8. The van der Waals surface area contributed by atoms with Gasteiger partial charge in [0.25, 0.3) is 0 Å². The molecule has 6 rings (SSSR count). The van der Waals surface area contributed by atoms with E-state index in [1.165, 1.54) is 0 Å². The van der Waals surface area contributed by atoms with E-state index in [-0.39, 0.29) is 37.7 Å². The number of benzene rings is 4. The number of carbonyl (C=O) groups is 4. The van der Waals surface area contributed by atoms with Crippen molar-refractivity contribution in [2.24, 2.45) is 11.3 Å². The molecule has 2 atom stereocenters. The highest BCUT2D eigenvalue weighted by Crippen LogP contribution is 2.44. The van der Waals surface area contributed by atoms with E-state index in [1.54, 1.807) is 4.90 Å². The molecule has 1 amide bonds. The highest BCUT2D eigenvalue weighted by Gasteiger charge is 2.45. The first-order valence-corrected chi connectivity index (χ1v) is 17.8. The summed E-state index contributed by atoms with van der Waals surface area (Å²) in [5.74, 6) is -1.81. The number of nitrogens with zero attached hydrogens (tertiary/aromatic N) is 1. The molecule has 7 nitrogen and oxygen atoms in total. The molecule has 1 aliphatic heterocycles. The molecule has 1 saturated carbocycles. The lowest BCUT2D eigenvalue weighted by Crippen LogP contribution is -2.46. The third-order valence-corrected chi connectivity index (χ3v) is 10.2. The minimum Gasteiger partial charge on any atom is -0.461 e. The van der Waals surface area contributed by atoms with Crippen molar-refractivity contribution in [1.29, 1.82) is 0 Å². The van der Waals surface area contributed by atoms with Crippen molar-refractivity contribution >= 4 is 23.6 Å². The zero-order valence-corrected chi connectivity index (χ0v) is 28.5. The Morgan fingerprint density at radius 1 is 0.660 bits per heavy atom. The summed E-state index contributed by atoms with van der Waals surface area (Å²) in [6.07, 6.45) is 4.42. The van der Waals surface area contributed by atoms with Gasteiger partial charge in [0.15, 0.2) is 0 Å². The van der Waals surface area contributed by atoms with Crippen LogP contribution in [0.25, 0.3) is 11.1 Å². The smallest absolute Gasteiger partial charge is 0.329 e. The Kier molecular flexibility index (Phi) is 11.5. The summed E-state index contributed by atoms with van der Waals surface area (Å²) in [7, 11) is 0. The van der Waals surface area contributed by atoms with Gasteiger partial charge in [-0.15, -0.1) is 0 Å². The molecule has 0 aromatic heterocycles. The highest BCUT2D eigenvalue weighted by molar-refractivity contribution is 5.94. The number of carbonyl (C=O) groups excluding carboxylic acids is 4. The largest absolute Gasteiger partial charge is 0.461 e. The van der Waals surface area contributed by atoms with Crippen LogP contribution >= 0.6 is 0 Å². The van der Waals surface area contributed by atoms with Crippen LogP contribution in [-0.4, -0.2) is 41.1 Å². The first-order chi connectivity index (χ1) is 24.4. The van der Waals surface area contributed by atoms with Gasteiger partial charge in [-0.2, -0.15) is 0 Å². The Labute approximate surface area is 294 Å². The third kappa shape index (κ3) is 8.75. The minimum atomic E-state index is -0.859. The predicted octanol–water partition coefficient (Wildman–Crippen LogP) is 7.90. The van der Waals surface area contributed by atoms with Crippen LogP contribution < -0.4 is 0 Å². The Bertz CT molecular complexity index is 1730. The van der Waals surface area contributed by atoms with Crippen molar-refractivity contribution in [2.75, 3.05) is 6.54 Å². The fourth-order valence-corrected chi connectivity index (χ4v) is 7.44. The molecule has 0 bridgehead atoms. The van der Waals surface area contributed by atoms with E-state index in [1.807, 2.05) is 103 Å². The van der Waals surface area contributed by atoms with Gasteiger partial charge in [-0.3, -0.25) is 14.4 Å². The Morgan fingerprint density at radius 2 is 1.22 bits per heavy atom. The van der Waals surface area contributed by atoms with Gasteiger partial charge >= 0.3 is 11.9 Å². The second-order valence-corrected chi connectivity index (χ2v) is 13.7. The van der Waals surface area contributed by atoms with Crippen LogP contribution in [0.5, 0.6) is 0 Å². The quantitative estimate of drug-likeness (QED) is 0.127. The number of rotatable bonds is 14. The lowest BCUT2D eigenvalue weighted by Gasteiger charge is -2.31. The fourth-order valence-electron chi connectivity index (χ4n) is 7.44. The second kappa shape index (κ2) is 16.6. The van der Waals surface area contributed by atoms with Crippen LogP contribution in [0.15, 0.2) is 115 Å². The van der Waals surface area contributed by atoms with Gasteiger partial charge in [-0.25, -0.2) is 4.79 Å². The SMILES string of the molecule is O=C(CC1(C(=O)C[C@@H](Cc2ccc(-c3ccccc3)cc2)C(=O)N2CCC[C@@H]2C(=O)OCc2ccccc2)CCCC1)OCc1ccccc1. The molecule has 7 heteroatoms. The van der Waals surface area contributed by atoms with Crippen molar-refractivity contribution in [3.8, 4) is 11.1 Å². The maximum absolute atomic E-state index is 14.4. The molecular weight excluding hydrogens is 626 g/mol. The number of esters is 2. The number of ether oxygens (including phenoxy) is 2. The molecule has 1 aliphatic carbocycles. The monoisotopic (exact) mass is 671 g/mol. The molecule has 0 N–H and O–H groups in total. The summed E-state index contributed by atoms with van der Waals surface area (Å²) >= 11 is 0. The molecule has 0 radical (unpaired) electrons. The summed E-state index contributed by atoms with van der Waals surface area (Å²) in [5, 5.41) is 0. The predicted molar refractivity (Wildman–Crippen MR) is 191 cm³/mol. The molecule has 2 fully saturated rings. The standard InChI is InChI=1S/C43H45NO6/c45-39(43(24-10-11-25-43)29-40(46)49-30-33-13-4-1-5-14-33)28-37(27-32-20-22-36(23-21-32)35-17-8-3-9-18-35)41(47)44-26-12-19-38(44)42(48)50-31-34-15-6-2-7-16-34/h1-9,13-18,20-23,37-38H,10-12,19,24-31H2/t37-,38-/m1/s1. The van der Waals surface area contributed by atoms with E-state index in [0.29, 0.717) is 38.6 Å². The topological polar surface area (TPSA) is 90.0 Å². The molecule has 0 unspecified atom stereocenters. The van der Waals surface area contributed by atoms with E-state index < -0.39 is 29.3 Å². The molecule has 0 spiro atoms. The van der Waals surface area contributed by atoms with Gasteiger partial charge in [0.1, 0.15) is 25.0 Å². The number of hydrogen-bond acceptors (Lipinski definition) is 6. The van der Waals surface area contributed by atoms with Crippen LogP contribution in [0.3, 0.4) is 0 Å². The van der Waals surface area contributed by atoms with Crippen LogP contribution in [0, 0.1) is 11.3 Å². The summed E-state index contributed by atoms with van der Waals surface area (Å²) in [5.41, 5.74) is 4.00. The van der Waals surface area contributed by atoms with Crippen molar-refractivity contribution in [3.05, 3.63) is 132 Å². The summed E-state index contributed by atoms with van der Waals surface area (Å²) in [4.78, 5) is 56.9. The molecule has 258 valence electrons. The van der Waals surface area contributed by atoms with Gasteiger partial charge in [0.2, 0.25) is 5.91 Å². The summed E-state index contributed by atoms with van der Waals surface area (Å²) < 4.78 is 11.3. The van der Waals surface area contributed by atoms with E-state index in [0.717, 1.165) is 40.7 Å². The van der Waals surface area contributed by atoms with Gasteiger partial charge in [-0.1, -0.05) is 128 Å². The average molecular weight is 672 g/mol. The first-order valence-electron chi connectivity index (χ1n) is 17.8. The number of ketones is 1. The van der Waals surface area contributed by atoms with Crippen LogP contribution in [-0.2, 0) is 48.3 Å². The molecule has 1 heterocycles. The number of Topliss-reactive ketones (excluding diaryl/α,β-unsaturated/α-hetero) is 1. The van der Waals surface area contributed by atoms with Gasteiger partial charge in [-0.05, 0) is 59.9 Å². The molecule has 4 aromatic rings. The van der Waals surface area contributed by atoms with Crippen LogP contribution in [0.1, 0.15) is 68.1 Å². The summed E-state index contributed by atoms with van der Waals surface area (Å²) in [6.45, 7) is 0.718. The maximum Gasteiger partial charge on any atom is 0.329 e. The Balaban J connectivity index is 1.19. The number of amides is 1. The van der Waals surface area contributed by atoms with Gasteiger partial charge in [0, 0.05) is 24.3 Å². The zero-order chi connectivity index (χ0) is 34.8. The molecule has 2 aliphatic rings. The highest BCUT2D eigenvalue weighted by atomic mass is 16.5. The molecule has 50 heavy (non-hydrogen) atoms. The number of likely N-dealkylation sites (tertiary alicyclic amines) is 1. The van der Waals surface area contributed by atoms with E-state index >= 15 is 0 Å². The fraction of sp³-hybridized carbons (Fsp3) is 0.349. The van der Waals surface area contributed by atoms with Crippen LogP contribution in [0.4, 0.5) is 0 Å².